The lowest BCUT2D eigenvalue weighted by Gasteiger charge is -2.17. The van der Waals surface area contributed by atoms with Crippen LogP contribution in [-0.2, 0) is 18.9 Å². The fourth-order valence-electron chi connectivity index (χ4n) is 5.06. The third-order valence-corrected chi connectivity index (χ3v) is 8.44. The van der Waals surface area contributed by atoms with Crippen molar-refractivity contribution in [2.45, 2.75) is 61.1 Å². The van der Waals surface area contributed by atoms with E-state index in [-0.39, 0.29) is 46.2 Å². The number of nitrogens with one attached hydrogen (secondary N) is 2. The molecule has 1 amide bonds. The highest BCUT2D eigenvalue weighted by Gasteiger charge is 2.37. The second-order valence-electron chi connectivity index (χ2n) is 10.8. The van der Waals surface area contributed by atoms with E-state index >= 15 is 0 Å². The molecule has 0 atom stereocenters. The molecule has 0 bridgehead atoms. The molecule has 3 heterocycles. The first-order chi connectivity index (χ1) is 22.8. The van der Waals surface area contributed by atoms with Crippen LogP contribution >= 0.6 is 11.8 Å². The van der Waals surface area contributed by atoms with Crippen molar-refractivity contribution in [2.75, 3.05) is 32.2 Å². The quantitative estimate of drug-likeness (QED) is 0.114. The molecule has 48 heavy (non-hydrogen) atoms. The van der Waals surface area contributed by atoms with Crippen LogP contribution in [0.15, 0.2) is 46.7 Å². The molecule has 11 nitrogen and oxygen atoms in total. The lowest BCUT2D eigenvalue weighted by molar-refractivity contribution is -0.250. The minimum Gasteiger partial charge on any atom is -0.530 e. The second-order valence-corrected chi connectivity index (χ2v) is 11.8. The number of nitrogen functional groups attached to an aromatic ring is 1. The Bertz CT molecular complexity index is 1730. The zero-order valence-corrected chi connectivity index (χ0v) is 26.0. The number of unbranched alkanes of at least 4 members (excludes halogenated alkanes) is 3. The maximum absolute atomic E-state index is 13.7. The number of ether oxygens (including phenoxy) is 2. The average Bonchev–Trinajstić information content (AvgIpc) is 3.63. The van der Waals surface area contributed by atoms with E-state index in [0.29, 0.717) is 54.5 Å². The van der Waals surface area contributed by atoms with Gasteiger partial charge in [-0.05, 0) is 73.8 Å². The number of rotatable bonds is 14. The van der Waals surface area contributed by atoms with Crippen LogP contribution in [0.2, 0.25) is 0 Å². The van der Waals surface area contributed by atoms with Gasteiger partial charge in [-0.2, -0.15) is 26.3 Å². The first-order valence-electron chi connectivity index (χ1n) is 14.8. The third kappa shape index (κ3) is 8.52. The van der Waals surface area contributed by atoms with Crippen molar-refractivity contribution in [1.29, 1.82) is 0 Å². The smallest absolute Gasteiger partial charge is 0.416 e. The number of carbonyl (C=O) groups excluding carboxylic acids is 1. The Balaban J connectivity index is 1.39. The lowest BCUT2D eigenvalue weighted by Crippen LogP contribution is -2.36. The summed E-state index contributed by atoms with van der Waals surface area (Å²) in [4.78, 5) is 23.6. The van der Waals surface area contributed by atoms with E-state index in [9.17, 15) is 36.2 Å². The summed E-state index contributed by atoms with van der Waals surface area (Å²) in [6, 6.07) is 4.25. The molecule has 2 aromatic heterocycles. The van der Waals surface area contributed by atoms with Crippen LogP contribution in [0.4, 0.5) is 37.0 Å². The summed E-state index contributed by atoms with van der Waals surface area (Å²) in [5.74, 6) is 0.544. The lowest BCUT2D eigenvalue weighted by atomic mass is 9.98. The Morgan fingerprint density at radius 3 is 2.21 bits per heavy atom. The van der Waals surface area contributed by atoms with Gasteiger partial charge in [-0.1, -0.05) is 24.6 Å². The molecule has 0 radical (unpaired) electrons. The normalized spacial score (nSPS) is 13.0. The molecule has 0 saturated heterocycles. The molecule has 0 aliphatic carbocycles. The number of carboxylic acid groups (broad SMARTS) is 1. The van der Waals surface area contributed by atoms with Crippen molar-refractivity contribution in [2.24, 2.45) is 0 Å². The number of alkyl halides is 6. The number of amides is 1. The zero-order valence-electron chi connectivity index (χ0n) is 25.2. The van der Waals surface area contributed by atoms with Gasteiger partial charge in [-0.3, -0.25) is 0 Å². The molecular formula is C30H30F6N7O4S-. The largest absolute Gasteiger partial charge is 0.530 e. The molecule has 1 aliphatic rings. The van der Waals surface area contributed by atoms with Gasteiger partial charge >= 0.3 is 12.4 Å². The van der Waals surface area contributed by atoms with Gasteiger partial charge in [-0.25, -0.2) is 15.0 Å². The number of anilines is 1. The minimum atomic E-state index is -5.03. The van der Waals surface area contributed by atoms with Crippen molar-refractivity contribution >= 4 is 34.8 Å². The number of imidazole rings is 1. The summed E-state index contributed by atoms with van der Waals surface area (Å²) in [7, 11) is 0. The van der Waals surface area contributed by atoms with Crippen molar-refractivity contribution in [1.82, 2.24) is 30.2 Å². The van der Waals surface area contributed by atoms with E-state index in [0.717, 1.165) is 44.0 Å². The SMILES string of the molecule is Nc1ncnc2c1nc(Sc1cc3c(cc1-c1cc(C(F)(F)F)cc(C(F)(F)F)c1)OCO3)n2CCCNCCCCCCNC(=O)[O-]. The number of benzene rings is 2. The highest BCUT2D eigenvalue weighted by molar-refractivity contribution is 7.99. The van der Waals surface area contributed by atoms with Crippen molar-refractivity contribution < 1.29 is 45.7 Å². The van der Waals surface area contributed by atoms with Crippen molar-refractivity contribution in [3.63, 3.8) is 0 Å². The molecule has 0 fully saturated rings. The number of aromatic nitrogens is 4. The Morgan fingerprint density at radius 2 is 1.54 bits per heavy atom. The average molecular weight is 699 g/mol. The Morgan fingerprint density at radius 1 is 0.896 bits per heavy atom. The van der Waals surface area contributed by atoms with E-state index in [2.05, 4.69) is 25.6 Å². The van der Waals surface area contributed by atoms with Gasteiger partial charge < -0.3 is 40.3 Å². The summed E-state index contributed by atoms with van der Waals surface area (Å²) in [5.41, 5.74) is 3.62. The molecule has 2 aromatic carbocycles. The standard InChI is InChI=1S/C30H31F6N7O4S/c31-29(32,33)18-10-17(11-19(12-18)30(34,35)36)20-13-21-22(47-16-46-21)14-23(20)48-27-42-24-25(37)40-15-41-26(24)43(27)9-5-7-38-6-3-1-2-4-8-39-28(44)45/h10-15,38-39H,1-9,16H2,(H,44,45)(H2,37,40,41)/p-1. The molecule has 4 aromatic rings. The predicted octanol–water partition coefficient (Wildman–Crippen LogP) is 5.47. The Labute approximate surface area is 274 Å². The fourth-order valence-corrected chi connectivity index (χ4v) is 6.14. The van der Waals surface area contributed by atoms with Gasteiger partial charge in [-0.15, -0.1) is 0 Å². The fraction of sp³-hybridized carbons (Fsp3) is 0.400. The number of hydrogen-bond donors (Lipinski definition) is 3. The Hall–Kier alpha value is -4.45. The molecular weight excluding hydrogens is 668 g/mol. The van der Waals surface area contributed by atoms with Gasteiger partial charge in [0.05, 0.1) is 11.1 Å². The van der Waals surface area contributed by atoms with E-state index < -0.39 is 29.6 Å². The number of hydrogen-bond acceptors (Lipinski definition) is 10. The van der Waals surface area contributed by atoms with Crippen LogP contribution in [-0.4, -0.2) is 52.0 Å². The van der Waals surface area contributed by atoms with Crippen LogP contribution in [0.25, 0.3) is 22.3 Å². The minimum absolute atomic E-state index is 0.0515. The van der Waals surface area contributed by atoms with Crippen LogP contribution in [0.5, 0.6) is 11.5 Å². The van der Waals surface area contributed by atoms with Crippen LogP contribution in [0.1, 0.15) is 43.2 Å². The van der Waals surface area contributed by atoms with Crippen LogP contribution < -0.4 is 30.9 Å². The maximum atomic E-state index is 13.7. The molecule has 18 heteroatoms. The number of nitrogens with two attached hydrogens (primary N) is 1. The van der Waals surface area contributed by atoms with Crippen LogP contribution in [0, 0.1) is 0 Å². The van der Waals surface area contributed by atoms with Crippen LogP contribution in [0.3, 0.4) is 0 Å². The highest BCUT2D eigenvalue weighted by atomic mass is 32.2. The topological polar surface area (TPSA) is 152 Å². The Kier molecular flexibility index (Phi) is 10.7. The predicted molar refractivity (Wildman–Crippen MR) is 161 cm³/mol. The van der Waals surface area contributed by atoms with Gasteiger partial charge in [0, 0.05) is 18.0 Å². The first kappa shape index (κ1) is 34.9. The highest BCUT2D eigenvalue weighted by Crippen LogP contribution is 2.47. The van der Waals surface area contributed by atoms with Crippen molar-refractivity contribution in [3.8, 4) is 22.6 Å². The third-order valence-electron chi connectivity index (χ3n) is 7.38. The molecule has 258 valence electrons. The van der Waals surface area contributed by atoms with Gasteiger partial charge in [0.15, 0.2) is 33.6 Å². The van der Waals surface area contributed by atoms with E-state index in [1.807, 2.05) is 0 Å². The summed E-state index contributed by atoms with van der Waals surface area (Å²) in [6.07, 6.45) is -6.07. The first-order valence-corrected chi connectivity index (χ1v) is 15.7. The van der Waals surface area contributed by atoms with E-state index in [1.165, 1.54) is 18.5 Å². The summed E-state index contributed by atoms with van der Waals surface area (Å²) < 4.78 is 95.1. The van der Waals surface area contributed by atoms with Gasteiger partial charge in [0.2, 0.25) is 6.79 Å². The van der Waals surface area contributed by atoms with E-state index in [1.54, 1.807) is 4.57 Å². The number of halogens is 6. The number of carbonyl (C=O) groups is 1. The van der Waals surface area contributed by atoms with Crippen molar-refractivity contribution in [3.05, 3.63) is 47.8 Å². The molecule has 1 aliphatic heterocycles. The summed E-state index contributed by atoms with van der Waals surface area (Å²) >= 11 is 1.01. The molecule has 4 N–H and O–H groups in total. The number of nitrogens with zero attached hydrogens (tertiary/aromatic N) is 4. The van der Waals surface area contributed by atoms with E-state index in [4.69, 9.17) is 15.2 Å². The molecule has 5 rings (SSSR count). The molecule has 0 unspecified atom stereocenters. The molecule has 0 saturated carbocycles. The second kappa shape index (κ2) is 14.8. The van der Waals surface area contributed by atoms with Gasteiger partial charge in [0.25, 0.3) is 0 Å². The number of aryl methyl sites for hydroxylation is 1. The number of fused-ring (bicyclic) bond motifs is 2. The maximum Gasteiger partial charge on any atom is 0.416 e. The zero-order chi connectivity index (χ0) is 34.5. The molecule has 0 spiro atoms. The summed E-state index contributed by atoms with van der Waals surface area (Å²) in [5, 5.41) is 16.3. The monoisotopic (exact) mass is 698 g/mol. The van der Waals surface area contributed by atoms with Gasteiger partial charge in [0.1, 0.15) is 12.4 Å². The summed E-state index contributed by atoms with van der Waals surface area (Å²) in [6.45, 7) is 1.95.